The van der Waals surface area contributed by atoms with E-state index in [1.807, 2.05) is 13.8 Å². The van der Waals surface area contributed by atoms with Gasteiger partial charge in [0, 0.05) is 18.6 Å². The molecule has 0 spiro atoms. The average molecular weight is 494 g/mol. The number of carboxylic acids is 1. The molecule has 180 valence electrons. The molecule has 0 aromatic carbocycles. The lowest BCUT2D eigenvalue weighted by molar-refractivity contribution is -0.154. The summed E-state index contributed by atoms with van der Waals surface area (Å²) in [5.74, 6) is -0.921. The van der Waals surface area contributed by atoms with Gasteiger partial charge in [-0.2, -0.15) is 13.2 Å². The summed E-state index contributed by atoms with van der Waals surface area (Å²) in [5.41, 5.74) is -2.72. The minimum atomic E-state index is -4.49. The molecule has 3 N–H and O–H groups in total. The predicted molar refractivity (Wildman–Crippen MR) is 118 cm³/mol. The number of halogens is 3. The van der Waals surface area contributed by atoms with Crippen LogP contribution in [-0.2, 0) is 16.6 Å². The molecule has 0 bridgehead atoms. The number of rotatable bonds is 5. The van der Waals surface area contributed by atoms with Gasteiger partial charge in [-0.05, 0) is 42.9 Å². The van der Waals surface area contributed by atoms with Crippen molar-refractivity contribution in [2.45, 2.75) is 44.9 Å². The number of carbonyl (C=O) groups is 1. The van der Waals surface area contributed by atoms with E-state index < -0.39 is 34.6 Å². The van der Waals surface area contributed by atoms with Gasteiger partial charge in [-0.3, -0.25) is 4.79 Å². The topological polar surface area (TPSA) is 121 Å². The Morgan fingerprint density at radius 3 is 2.59 bits per heavy atom. The van der Waals surface area contributed by atoms with Crippen molar-refractivity contribution < 1.29 is 28.2 Å². The van der Waals surface area contributed by atoms with Crippen molar-refractivity contribution in [2.24, 2.45) is 11.3 Å². The molecule has 0 saturated heterocycles. The lowest BCUT2D eigenvalue weighted by Crippen LogP contribution is -2.44. The number of hydrogen-bond donors (Lipinski definition) is 3. The number of nitrogens with zero attached hydrogens (tertiary/aromatic N) is 4. The van der Waals surface area contributed by atoms with Crippen molar-refractivity contribution in [3.8, 4) is 10.7 Å². The molecular weight excluding hydrogens is 471 g/mol. The van der Waals surface area contributed by atoms with E-state index in [4.69, 9.17) is 0 Å². The molecule has 3 aromatic rings. The number of thiazole rings is 1. The van der Waals surface area contributed by atoms with Crippen LogP contribution in [0.5, 0.6) is 0 Å². The van der Waals surface area contributed by atoms with Gasteiger partial charge in [0.15, 0.2) is 5.82 Å². The van der Waals surface area contributed by atoms with Crippen molar-refractivity contribution >= 4 is 28.9 Å². The third-order valence-electron chi connectivity index (χ3n) is 5.96. The van der Waals surface area contributed by atoms with Crippen molar-refractivity contribution in [1.29, 1.82) is 0 Å². The Morgan fingerprint density at radius 1 is 1.18 bits per heavy atom. The van der Waals surface area contributed by atoms with E-state index in [0.717, 1.165) is 18.3 Å². The first kappa shape index (κ1) is 24.0. The van der Waals surface area contributed by atoms with Gasteiger partial charge in [-0.25, -0.2) is 19.9 Å². The number of nitrogens with one attached hydrogen (secondary N) is 1. The van der Waals surface area contributed by atoms with E-state index >= 15 is 0 Å². The first-order valence-corrected chi connectivity index (χ1v) is 11.2. The fraction of sp³-hybridized carbons (Fsp3) is 0.409. The maximum absolute atomic E-state index is 13.0. The molecule has 2 atom stereocenters. The smallest absolute Gasteiger partial charge is 0.416 e. The van der Waals surface area contributed by atoms with Crippen molar-refractivity contribution in [3.63, 3.8) is 0 Å². The van der Waals surface area contributed by atoms with Gasteiger partial charge >= 0.3 is 12.1 Å². The number of aromatic nitrogens is 4. The average Bonchev–Trinajstić information content (AvgIpc) is 3.24. The Labute approximate surface area is 197 Å². The van der Waals surface area contributed by atoms with Gasteiger partial charge in [-0.15, -0.1) is 11.3 Å². The molecule has 2 unspecified atom stereocenters. The van der Waals surface area contributed by atoms with E-state index in [2.05, 4.69) is 25.3 Å². The first-order valence-electron chi connectivity index (χ1n) is 10.4. The molecule has 3 aromatic heterocycles. The number of anilines is 2. The number of pyridine rings is 1. The molecule has 1 fully saturated rings. The first-order chi connectivity index (χ1) is 15.9. The molecule has 1 aliphatic carbocycles. The van der Waals surface area contributed by atoms with Gasteiger partial charge in [0.05, 0.1) is 16.4 Å². The van der Waals surface area contributed by atoms with Crippen LogP contribution in [0.3, 0.4) is 0 Å². The van der Waals surface area contributed by atoms with Crippen LogP contribution in [0, 0.1) is 11.3 Å². The molecule has 0 amide bonds. The highest BCUT2D eigenvalue weighted by molar-refractivity contribution is 7.15. The van der Waals surface area contributed by atoms with Crippen LogP contribution in [0.15, 0.2) is 36.8 Å². The largest absolute Gasteiger partial charge is 0.481 e. The zero-order valence-electron chi connectivity index (χ0n) is 18.3. The minimum absolute atomic E-state index is 0.0174. The molecule has 8 nitrogen and oxygen atoms in total. The molecule has 0 radical (unpaired) electrons. The van der Waals surface area contributed by atoms with Gasteiger partial charge in [0.2, 0.25) is 0 Å². The van der Waals surface area contributed by atoms with Gasteiger partial charge in [0.1, 0.15) is 22.2 Å². The summed E-state index contributed by atoms with van der Waals surface area (Å²) in [5, 5.41) is 24.0. The van der Waals surface area contributed by atoms with Crippen LogP contribution in [0.4, 0.5) is 24.8 Å². The van der Waals surface area contributed by atoms with Crippen LogP contribution < -0.4 is 5.32 Å². The second-order valence-corrected chi connectivity index (χ2v) is 10.0. The summed E-state index contributed by atoms with van der Waals surface area (Å²) in [6, 6.07) is 3.26. The fourth-order valence-electron chi connectivity index (χ4n) is 4.33. The number of alkyl halides is 3. The lowest BCUT2D eigenvalue weighted by Gasteiger charge is -2.44. The summed E-state index contributed by atoms with van der Waals surface area (Å²) in [6.07, 6.45) is 0.381. The van der Waals surface area contributed by atoms with Gasteiger partial charge in [-0.1, -0.05) is 13.8 Å². The van der Waals surface area contributed by atoms with Crippen molar-refractivity contribution in [3.05, 3.63) is 47.4 Å². The van der Waals surface area contributed by atoms with Crippen LogP contribution in [0.1, 0.15) is 43.7 Å². The van der Waals surface area contributed by atoms with Crippen LogP contribution in [-0.4, -0.2) is 36.1 Å². The monoisotopic (exact) mass is 493 g/mol. The molecule has 3 heterocycles. The van der Waals surface area contributed by atoms with E-state index in [1.165, 1.54) is 29.8 Å². The number of aliphatic carboxylic acids is 1. The van der Waals surface area contributed by atoms with Crippen molar-refractivity contribution in [1.82, 2.24) is 19.9 Å². The number of hydrogen-bond acceptors (Lipinski definition) is 8. The minimum Gasteiger partial charge on any atom is -0.481 e. The third-order valence-corrected chi connectivity index (χ3v) is 7.15. The highest BCUT2D eigenvalue weighted by atomic mass is 32.1. The Hall–Kier alpha value is -3.12. The standard InChI is InChI=1S/C22H22F3N5O3S/c1-20(2)11-21(33,6-3-13(20)18(31)32)19-28-10-14(34-19)17-27-8-5-15(30-17)29-16-9-12(4-7-26-16)22(23,24)25/h4-5,7-10,13,33H,3,6,11H2,1-2H3,(H,31,32)(H,26,27,29,30). The van der Waals surface area contributed by atoms with Crippen LogP contribution in [0.25, 0.3) is 10.7 Å². The third kappa shape index (κ3) is 4.87. The van der Waals surface area contributed by atoms with Crippen molar-refractivity contribution in [2.75, 3.05) is 5.32 Å². The summed E-state index contributed by atoms with van der Waals surface area (Å²) in [6.45, 7) is 3.65. The molecule has 34 heavy (non-hydrogen) atoms. The van der Waals surface area contributed by atoms with E-state index in [9.17, 15) is 28.2 Å². The second-order valence-electron chi connectivity index (χ2n) is 8.97. The predicted octanol–water partition coefficient (Wildman–Crippen LogP) is 4.86. The zero-order chi connectivity index (χ0) is 24.7. The van der Waals surface area contributed by atoms with Crippen LogP contribution in [0.2, 0.25) is 0 Å². The second kappa shape index (κ2) is 8.58. The summed E-state index contributed by atoms with van der Waals surface area (Å²) in [7, 11) is 0. The summed E-state index contributed by atoms with van der Waals surface area (Å²) < 4.78 is 38.9. The van der Waals surface area contributed by atoms with E-state index in [1.54, 1.807) is 0 Å². The van der Waals surface area contributed by atoms with Gasteiger partial charge in [0.25, 0.3) is 0 Å². The Morgan fingerprint density at radius 2 is 1.91 bits per heavy atom. The Balaban J connectivity index is 1.55. The molecule has 1 aliphatic rings. The van der Waals surface area contributed by atoms with Gasteiger partial charge < -0.3 is 15.5 Å². The quantitative estimate of drug-likeness (QED) is 0.461. The normalized spacial score (nSPS) is 22.4. The maximum atomic E-state index is 13.0. The molecule has 1 saturated carbocycles. The zero-order valence-corrected chi connectivity index (χ0v) is 19.1. The van der Waals surface area contributed by atoms with E-state index in [0.29, 0.717) is 16.3 Å². The van der Waals surface area contributed by atoms with Crippen LogP contribution >= 0.6 is 11.3 Å². The Bertz CT molecular complexity index is 1220. The Kier molecular flexibility index (Phi) is 6.06. The molecule has 0 aliphatic heterocycles. The maximum Gasteiger partial charge on any atom is 0.416 e. The summed E-state index contributed by atoms with van der Waals surface area (Å²) in [4.78, 5) is 28.9. The molecular formula is C22H22F3N5O3S. The number of carboxylic acid groups (broad SMARTS) is 1. The summed E-state index contributed by atoms with van der Waals surface area (Å²) >= 11 is 1.20. The van der Waals surface area contributed by atoms with E-state index in [-0.39, 0.29) is 30.3 Å². The highest BCUT2D eigenvalue weighted by Gasteiger charge is 2.49. The highest BCUT2D eigenvalue weighted by Crippen LogP contribution is 2.50. The molecule has 4 rings (SSSR count). The number of aliphatic hydroxyl groups is 1. The lowest BCUT2D eigenvalue weighted by atomic mass is 9.63. The SMILES string of the molecule is CC1(C)CC(O)(c2ncc(-c3nccc(Nc4cc(C(F)(F)F)ccn4)n3)s2)CCC1C(=O)O. The fourth-order valence-corrected chi connectivity index (χ4v) is 5.30. The molecule has 12 heteroatoms.